The van der Waals surface area contributed by atoms with Crippen LogP contribution >= 0.6 is 0 Å². The van der Waals surface area contributed by atoms with Gasteiger partial charge < -0.3 is 45.1 Å². The highest BCUT2D eigenvalue weighted by molar-refractivity contribution is 6.31. The Morgan fingerprint density at radius 1 is 1.15 bits per heavy atom. The fraction of sp³-hybridized carbons (Fsp3) is 0.464. The number of ketones is 3. The topological polar surface area (TPSA) is 192 Å². The Morgan fingerprint density at radius 2 is 1.85 bits per heavy atom. The standard InChI is InChI=1S/C28H31NO11/c1-11-23(32)14(29-2)7-18(39-11)40-16-9-28(37,17(31)10-30)8-13-20(16)27(36)22-21(25(13)34)24(33)12-5-4-6-15(38-3)19(12)26(22)35/h4-6,11,14,16,18,23,29-30,32,34,36-37H,7-10H2,1-3H3/t11?,14-,16+,18+,23-,28+/m1/s1. The minimum absolute atomic E-state index is 0.0435. The summed E-state index contributed by atoms with van der Waals surface area (Å²) < 4.78 is 17.2. The first-order chi connectivity index (χ1) is 19.0. The van der Waals surface area contributed by atoms with Gasteiger partial charge in [0.2, 0.25) is 5.78 Å². The van der Waals surface area contributed by atoms with Crippen molar-refractivity contribution in [3.63, 3.8) is 0 Å². The number of aromatic hydroxyl groups is 2. The van der Waals surface area contributed by atoms with Crippen LogP contribution in [0.5, 0.6) is 17.2 Å². The number of nitrogens with one attached hydrogen (secondary N) is 1. The maximum atomic E-state index is 13.7. The Balaban J connectivity index is 1.68. The summed E-state index contributed by atoms with van der Waals surface area (Å²) in [4.78, 5) is 39.9. The fourth-order valence-corrected chi connectivity index (χ4v) is 6.00. The molecule has 1 unspecified atom stereocenters. The molecule has 1 fully saturated rings. The van der Waals surface area contributed by atoms with Crippen LogP contribution in [0.4, 0.5) is 0 Å². The van der Waals surface area contributed by atoms with Gasteiger partial charge in [-0.2, -0.15) is 0 Å². The van der Waals surface area contributed by atoms with Crippen LogP contribution in [0.1, 0.15) is 68.8 Å². The number of carbonyl (C=O) groups excluding carboxylic acids is 3. The Morgan fingerprint density at radius 3 is 2.50 bits per heavy atom. The van der Waals surface area contributed by atoms with E-state index in [0.29, 0.717) is 0 Å². The van der Waals surface area contributed by atoms with Gasteiger partial charge >= 0.3 is 0 Å². The van der Waals surface area contributed by atoms with Crippen LogP contribution in [-0.2, 0) is 20.7 Å². The van der Waals surface area contributed by atoms with Gasteiger partial charge in [0.25, 0.3) is 0 Å². The summed E-state index contributed by atoms with van der Waals surface area (Å²) in [7, 11) is 2.99. The number of benzene rings is 2. The lowest BCUT2D eigenvalue weighted by atomic mass is 9.72. The van der Waals surface area contributed by atoms with Gasteiger partial charge in [0, 0.05) is 42.0 Å². The number of rotatable bonds is 6. The van der Waals surface area contributed by atoms with Gasteiger partial charge in [-0.1, -0.05) is 12.1 Å². The van der Waals surface area contributed by atoms with Gasteiger partial charge in [0.15, 0.2) is 17.9 Å². The summed E-state index contributed by atoms with van der Waals surface area (Å²) >= 11 is 0. The number of hydrogen-bond acceptors (Lipinski definition) is 12. The lowest BCUT2D eigenvalue weighted by Crippen LogP contribution is -2.53. The number of aliphatic hydroxyl groups is 3. The number of hydrogen-bond donors (Lipinski definition) is 6. The van der Waals surface area contributed by atoms with E-state index in [0.717, 1.165) is 0 Å². The fourth-order valence-electron chi connectivity index (χ4n) is 6.00. The van der Waals surface area contributed by atoms with Crippen molar-refractivity contribution in [1.29, 1.82) is 0 Å². The van der Waals surface area contributed by atoms with E-state index in [-0.39, 0.29) is 34.4 Å². The summed E-state index contributed by atoms with van der Waals surface area (Å²) in [6, 6.07) is 3.96. The highest BCUT2D eigenvalue weighted by atomic mass is 16.7. The third-order valence-corrected chi connectivity index (χ3v) is 8.13. The molecule has 12 heteroatoms. The Kier molecular flexibility index (Phi) is 7.19. The van der Waals surface area contributed by atoms with Crippen LogP contribution < -0.4 is 10.1 Å². The molecule has 0 bridgehead atoms. The Hall–Kier alpha value is -3.39. The third-order valence-electron chi connectivity index (χ3n) is 8.13. The van der Waals surface area contributed by atoms with Crippen molar-refractivity contribution in [3.8, 4) is 17.2 Å². The van der Waals surface area contributed by atoms with E-state index in [1.165, 1.54) is 25.3 Å². The highest BCUT2D eigenvalue weighted by Crippen LogP contribution is 2.52. The van der Waals surface area contributed by atoms with Gasteiger partial charge in [-0.05, 0) is 20.0 Å². The molecule has 6 N–H and O–H groups in total. The second-order valence-corrected chi connectivity index (χ2v) is 10.4. The molecule has 0 saturated carbocycles. The molecular formula is C28H31NO11. The molecule has 0 amide bonds. The minimum Gasteiger partial charge on any atom is -0.507 e. The van der Waals surface area contributed by atoms with Gasteiger partial charge in [-0.25, -0.2) is 0 Å². The molecule has 0 aromatic heterocycles. The number of methoxy groups -OCH3 is 1. The molecule has 5 rings (SSSR count). The van der Waals surface area contributed by atoms with Crippen LogP contribution in [0.25, 0.3) is 0 Å². The van der Waals surface area contributed by atoms with Crippen molar-refractivity contribution in [1.82, 2.24) is 5.32 Å². The van der Waals surface area contributed by atoms with E-state index in [1.54, 1.807) is 14.0 Å². The van der Waals surface area contributed by atoms with E-state index < -0.39 is 95.7 Å². The van der Waals surface area contributed by atoms with E-state index in [4.69, 9.17) is 14.2 Å². The molecule has 12 nitrogen and oxygen atoms in total. The predicted octanol–water partition coefficient (Wildman–Crippen LogP) is 0.262. The lowest BCUT2D eigenvalue weighted by Gasteiger charge is -2.42. The molecule has 1 aliphatic heterocycles. The SMILES string of the molecule is CN[C@@H]1C[C@H](O[C@H]2C[C@](O)(C(=O)CO)Cc3c(O)c4c(c(O)c32)C(=O)c2c(OC)cccc2C4=O)OC(C)[C@H]1O. The summed E-state index contributed by atoms with van der Waals surface area (Å²) in [5.74, 6) is -3.69. The Bertz CT molecular complexity index is 1410. The molecule has 1 saturated heterocycles. The second kappa shape index (κ2) is 10.2. The predicted molar refractivity (Wildman–Crippen MR) is 137 cm³/mol. The number of aliphatic hydroxyl groups excluding tert-OH is 2. The average molecular weight is 558 g/mol. The zero-order valence-electron chi connectivity index (χ0n) is 22.1. The zero-order chi connectivity index (χ0) is 29.1. The van der Waals surface area contributed by atoms with Gasteiger partial charge in [0.05, 0.1) is 42.1 Å². The van der Waals surface area contributed by atoms with E-state index in [2.05, 4.69) is 5.32 Å². The first kappa shape index (κ1) is 28.1. The summed E-state index contributed by atoms with van der Waals surface area (Å²) in [6.45, 7) is 0.631. The summed E-state index contributed by atoms with van der Waals surface area (Å²) in [5.41, 5.74) is -3.52. The molecule has 0 spiro atoms. The van der Waals surface area contributed by atoms with E-state index in [9.17, 15) is 39.9 Å². The molecule has 3 aliphatic rings. The lowest BCUT2D eigenvalue weighted by molar-refractivity contribution is -0.249. The molecule has 2 aromatic carbocycles. The van der Waals surface area contributed by atoms with Crippen molar-refractivity contribution in [2.45, 2.75) is 62.4 Å². The van der Waals surface area contributed by atoms with Crippen LogP contribution in [0.2, 0.25) is 0 Å². The normalized spacial score (nSPS) is 29.4. The number of carbonyl (C=O) groups is 3. The number of ether oxygens (including phenoxy) is 3. The molecule has 1 heterocycles. The molecule has 214 valence electrons. The van der Waals surface area contributed by atoms with Gasteiger partial charge in [-0.3, -0.25) is 14.4 Å². The largest absolute Gasteiger partial charge is 0.507 e. The first-order valence-corrected chi connectivity index (χ1v) is 12.9. The maximum Gasteiger partial charge on any atom is 0.202 e. The van der Waals surface area contributed by atoms with Crippen molar-refractivity contribution in [2.24, 2.45) is 0 Å². The van der Waals surface area contributed by atoms with E-state index >= 15 is 0 Å². The summed E-state index contributed by atoms with van der Waals surface area (Å²) in [6.07, 6.45) is -4.66. The molecule has 40 heavy (non-hydrogen) atoms. The molecule has 2 aliphatic carbocycles. The minimum atomic E-state index is -2.23. The third kappa shape index (κ3) is 4.19. The Labute approximate surface area is 229 Å². The highest BCUT2D eigenvalue weighted by Gasteiger charge is 2.50. The van der Waals surface area contributed by atoms with Crippen LogP contribution in [0.3, 0.4) is 0 Å². The van der Waals surface area contributed by atoms with E-state index in [1.807, 2.05) is 0 Å². The number of fused-ring (bicyclic) bond motifs is 3. The van der Waals surface area contributed by atoms with Crippen LogP contribution in [-0.4, -0.2) is 93.8 Å². The number of phenolic OH excluding ortho intramolecular Hbond substituents is 2. The monoisotopic (exact) mass is 557 g/mol. The van der Waals surface area contributed by atoms with Gasteiger partial charge in [-0.15, -0.1) is 0 Å². The van der Waals surface area contributed by atoms with Crippen molar-refractivity contribution in [3.05, 3.63) is 51.6 Å². The summed E-state index contributed by atoms with van der Waals surface area (Å²) in [5, 5.41) is 57.1. The maximum absolute atomic E-state index is 13.7. The molecule has 2 aromatic rings. The number of phenols is 2. The van der Waals surface area contributed by atoms with Crippen LogP contribution in [0.15, 0.2) is 18.2 Å². The second-order valence-electron chi connectivity index (χ2n) is 10.4. The first-order valence-electron chi connectivity index (χ1n) is 12.9. The zero-order valence-corrected chi connectivity index (χ0v) is 22.1. The quantitative estimate of drug-likeness (QED) is 0.227. The average Bonchev–Trinajstić information content (AvgIpc) is 2.94. The molecule has 6 atom stereocenters. The van der Waals surface area contributed by atoms with Crippen molar-refractivity contribution in [2.75, 3.05) is 20.8 Å². The molecular weight excluding hydrogens is 526 g/mol. The van der Waals surface area contributed by atoms with Crippen molar-refractivity contribution < 1.29 is 54.1 Å². The van der Waals surface area contributed by atoms with Crippen LogP contribution in [0, 0.1) is 0 Å². The van der Waals surface area contributed by atoms with Crippen molar-refractivity contribution >= 4 is 17.3 Å². The number of likely N-dealkylation sites (N-methyl/N-ethyl adjacent to an activating group) is 1. The molecule has 0 radical (unpaired) electrons. The van der Waals surface area contributed by atoms with Gasteiger partial charge in [0.1, 0.15) is 29.5 Å². The smallest absolute Gasteiger partial charge is 0.202 e. The number of Topliss-reactive ketones (excluding diaryl/α,β-unsaturated/α-hetero) is 1.